The molecule has 9 nitrogen and oxygen atoms in total. The molecule has 10 heteroatoms. The third kappa shape index (κ3) is 10.6. The van der Waals surface area contributed by atoms with E-state index in [4.69, 9.17) is 9.47 Å². The molecule has 3 amide bonds. The van der Waals surface area contributed by atoms with Gasteiger partial charge in [-0.2, -0.15) is 11.8 Å². The lowest BCUT2D eigenvalue weighted by Crippen LogP contribution is -2.56. The second kappa shape index (κ2) is 17.5. The van der Waals surface area contributed by atoms with Gasteiger partial charge in [-0.15, -0.1) is 0 Å². The quantitative estimate of drug-likeness (QED) is 0.163. The molecular weight excluding hydrogens is 554 g/mol. The fourth-order valence-electron chi connectivity index (χ4n) is 4.25. The molecule has 3 aromatic carbocycles. The van der Waals surface area contributed by atoms with Crippen molar-refractivity contribution in [2.75, 3.05) is 19.1 Å². The minimum atomic E-state index is -1.03. The average Bonchev–Trinajstić information content (AvgIpc) is 3.02. The van der Waals surface area contributed by atoms with E-state index in [9.17, 15) is 19.2 Å². The van der Waals surface area contributed by atoms with E-state index in [0.717, 1.165) is 16.7 Å². The number of hydrogen-bond acceptors (Lipinski definition) is 7. The Balaban J connectivity index is 1.76. The highest BCUT2D eigenvalue weighted by Crippen LogP contribution is 2.16. The molecule has 3 rings (SSSR count). The molecule has 0 saturated carbocycles. The van der Waals surface area contributed by atoms with Gasteiger partial charge in [0.25, 0.3) is 0 Å². The summed E-state index contributed by atoms with van der Waals surface area (Å²) >= 11 is 1.54. The second-order valence-corrected chi connectivity index (χ2v) is 10.6. The maximum absolute atomic E-state index is 13.6. The molecule has 0 radical (unpaired) electrons. The average molecular weight is 592 g/mol. The Bertz CT molecular complexity index is 1270. The number of methoxy groups -OCH3 is 1. The Kier molecular flexibility index (Phi) is 13.4. The first-order valence-electron chi connectivity index (χ1n) is 13.6. The van der Waals surface area contributed by atoms with Crippen LogP contribution in [-0.4, -0.2) is 61.4 Å². The lowest BCUT2D eigenvalue weighted by atomic mass is 10.0. The van der Waals surface area contributed by atoms with Crippen LogP contribution in [0.15, 0.2) is 84.9 Å². The van der Waals surface area contributed by atoms with Crippen LogP contribution in [0.1, 0.15) is 23.1 Å². The molecule has 3 aromatic rings. The molecule has 0 unspecified atom stereocenters. The topological polar surface area (TPSA) is 123 Å². The van der Waals surface area contributed by atoms with Crippen molar-refractivity contribution in [3.63, 3.8) is 0 Å². The lowest BCUT2D eigenvalue weighted by molar-refractivity contribution is -0.145. The number of rotatable bonds is 17. The van der Waals surface area contributed by atoms with Crippen molar-refractivity contribution in [3.05, 3.63) is 102 Å². The molecular formula is C32H37N3O6S. The molecule has 42 heavy (non-hydrogen) atoms. The number of carbonyl (C=O) groups is 4. The van der Waals surface area contributed by atoms with Crippen molar-refractivity contribution in [2.45, 2.75) is 44.0 Å². The van der Waals surface area contributed by atoms with Gasteiger partial charge in [-0.3, -0.25) is 14.4 Å². The molecule has 3 N–H and O–H groups in total. The van der Waals surface area contributed by atoms with E-state index in [1.54, 1.807) is 23.9 Å². The molecule has 0 aromatic heterocycles. The number of hydrogen-bond donors (Lipinski definition) is 3. The van der Waals surface area contributed by atoms with Crippen molar-refractivity contribution in [3.8, 4) is 5.75 Å². The van der Waals surface area contributed by atoms with Crippen LogP contribution in [-0.2, 0) is 43.4 Å². The first kappa shape index (κ1) is 32.2. The van der Waals surface area contributed by atoms with Gasteiger partial charge in [0.1, 0.15) is 30.5 Å². The fourth-order valence-corrected chi connectivity index (χ4v) is 4.72. The summed E-state index contributed by atoms with van der Waals surface area (Å²) in [6.07, 6.45) is 3.13. The van der Waals surface area contributed by atoms with Crippen LogP contribution in [0.3, 0.4) is 0 Å². The van der Waals surface area contributed by atoms with Crippen molar-refractivity contribution < 1.29 is 28.7 Å². The molecule has 222 valence electrons. The normalized spacial score (nSPS) is 12.7. The largest absolute Gasteiger partial charge is 0.489 e. The lowest BCUT2D eigenvalue weighted by Gasteiger charge is -2.24. The molecule has 0 aliphatic heterocycles. The Hall–Kier alpha value is -4.31. The van der Waals surface area contributed by atoms with Crippen LogP contribution < -0.4 is 20.7 Å². The Morgan fingerprint density at radius 3 is 1.90 bits per heavy atom. The van der Waals surface area contributed by atoms with Crippen LogP contribution in [0.4, 0.5) is 0 Å². The zero-order valence-corrected chi connectivity index (χ0v) is 24.6. The Morgan fingerprint density at radius 1 is 0.762 bits per heavy atom. The Labute approximate surface area is 250 Å². The zero-order chi connectivity index (χ0) is 30.2. The molecule has 0 saturated heterocycles. The predicted molar refractivity (Wildman–Crippen MR) is 163 cm³/mol. The highest BCUT2D eigenvalue weighted by Gasteiger charge is 2.29. The summed E-state index contributed by atoms with van der Waals surface area (Å²) in [5.74, 6) is -0.335. The summed E-state index contributed by atoms with van der Waals surface area (Å²) in [7, 11) is 1.26. The van der Waals surface area contributed by atoms with E-state index < -0.39 is 35.9 Å². The van der Waals surface area contributed by atoms with Gasteiger partial charge in [0.2, 0.25) is 18.2 Å². The highest BCUT2D eigenvalue weighted by atomic mass is 32.2. The van der Waals surface area contributed by atoms with Gasteiger partial charge >= 0.3 is 5.97 Å². The summed E-state index contributed by atoms with van der Waals surface area (Å²) in [6, 6.07) is 23.5. The number of ether oxygens (including phenoxy) is 2. The SMILES string of the molecule is COC(=O)[C@H](Cc1ccccc1)NC(=O)[C@H](Cc1ccc(OCc2ccccc2)cc1)NC(=O)[C@H](CCSC)NC=O. The van der Waals surface area contributed by atoms with E-state index in [0.29, 0.717) is 30.9 Å². The zero-order valence-electron chi connectivity index (χ0n) is 23.8. The van der Waals surface area contributed by atoms with Gasteiger partial charge in [0, 0.05) is 12.8 Å². The highest BCUT2D eigenvalue weighted by molar-refractivity contribution is 7.98. The van der Waals surface area contributed by atoms with Gasteiger partial charge in [-0.05, 0) is 47.3 Å². The van der Waals surface area contributed by atoms with E-state index >= 15 is 0 Å². The molecule has 0 fully saturated rings. The van der Waals surface area contributed by atoms with E-state index in [1.807, 2.05) is 79.1 Å². The maximum atomic E-state index is 13.6. The van der Waals surface area contributed by atoms with Gasteiger partial charge in [-0.1, -0.05) is 72.8 Å². The molecule has 0 heterocycles. The number of thioether (sulfide) groups is 1. The predicted octanol–water partition coefficient (Wildman–Crippen LogP) is 3.06. The van der Waals surface area contributed by atoms with Crippen LogP contribution in [0.25, 0.3) is 0 Å². The van der Waals surface area contributed by atoms with Crippen molar-refractivity contribution >= 4 is 36.0 Å². The van der Waals surface area contributed by atoms with Gasteiger partial charge in [-0.25, -0.2) is 4.79 Å². The minimum absolute atomic E-state index is 0.145. The van der Waals surface area contributed by atoms with Crippen LogP contribution in [0.2, 0.25) is 0 Å². The molecule has 0 bridgehead atoms. The van der Waals surface area contributed by atoms with Crippen molar-refractivity contribution in [1.82, 2.24) is 16.0 Å². The molecule has 0 aliphatic rings. The Morgan fingerprint density at radius 2 is 1.31 bits per heavy atom. The molecule has 0 aliphatic carbocycles. The van der Waals surface area contributed by atoms with Gasteiger partial charge in [0.15, 0.2) is 0 Å². The van der Waals surface area contributed by atoms with Crippen molar-refractivity contribution in [2.24, 2.45) is 0 Å². The number of benzene rings is 3. The summed E-state index contributed by atoms with van der Waals surface area (Å²) in [5.41, 5.74) is 2.65. The van der Waals surface area contributed by atoms with Crippen LogP contribution >= 0.6 is 11.8 Å². The summed E-state index contributed by atoms with van der Waals surface area (Å²) in [4.78, 5) is 50.5. The number of amides is 3. The fraction of sp³-hybridized carbons (Fsp3) is 0.312. The van der Waals surface area contributed by atoms with Gasteiger partial charge in [0.05, 0.1) is 7.11 Å². The third-order valence-electron chi connectivity index (χ3n) is 6.53. The smallest absolute Gasteiger partial charge is 0.328 e. The first-order valence-corrected chi connectivity index (χ1v) is 15.0. The first-order chi connectivity index (χ1) is 20.4. The maximum Gasteiger partial charge on any atom is 0.328 e. The third-order valence-corrected chi connectivity index (χ3v) is 7.17. The summed E-state index contributed by atoms with van der Waals surface area (Å²) < 4.78 is 10.8. The summed E-state index contributed by atoms with van der Waals surface area (Å²) in [5, 5.41) is 8.07. The summed E-state index contributed by atoms with van der Waals surface area (Å²) in [6.45, 7) is 0.415. The second-order valence-electron chi connectivity index (χ2n) is 9.58. The number of esters is 1. The number of carbonyl (C=O) groups excluding carboxylic acids is 4. The van der Waals surface area contributed by atoms with Crippen LogP contribution in [0.5, 0.6) is 5.75 Å². The van der Waals surface area contributed by atoms with E-state index in [1.165, 1.54) is 7.11 Å². The van der Waals surface area contributed by atoms with E-state index in [2.05, 4.69) is 16.0 Å². The number of nitrogens with one attached hydrogen (secondary N) is 3. The molecule has 3 atom stereocenters. The minimum Gasteiger partial charge on any atom is -0.489 e. The van der Waals surface area contributed by atoms with Gasteiger partial charge < -0.3 is 25.4 Å². The monoisotopic (exact) mass is 591 g/mol. The van der Waals surface area contributed by atoms with Crippen molar-refractivity contribution in [1.29, 1.82) is 0 Å². The molecule has 0 spiro atoms. The van der Waals surface area contributed by atoms with E-state index in [-0.39, 0.29) is 12.8 Å². The van der Waals surface area contributed by atoms with Crippen LogP contribution in [0, 0.1) is 0 Å². The standard InChI is InChI=1S/C32H37N3O6S/c1-40-32(39)29(20-23-9-5-3-6-10-23)35-31(38)28(34-30(37)27(33-22-36)17-18-42-2)19-24-13-15-26(16-14-24)41-21-25-11-7-4-8-12-25/h3-16,22,27-29H,17-21H2,1-2H3,(H,33,36)(H,34,37)(H,35,38)/t27-,28-,29-/m0/s1.